The smallest absolute Gasteiger partial charge is 0.254 e. The highest BCUT2D eigenvalue weighted by atomic mass is 32.2. The van der Waals surface area contributed by atoms with E-state index in [0.29, 0.717) is 6.54 Å². The lowest BCUT2D eigenvalue weighted by Gasteiger charge is -2.33. The van der Waals surface area contributed by atoms with Gasteiger partial charge in [0.15, 0.2) is 6.10 Å². The monoisotopic (exact) mass is 526 g/mol. The van der Waals surface area contributed by atoms with E-state index in [1.54, 1.807) is 6.92 Å². The van der Waals surface area contributed by atoms with Gasteiger partial charge in [-0.1, -0.05) is 61.5 Å². The minimum Gasteiger partial charge on any atom is -0.381 e. The van der Waals surface area contributed by atoms with E-state index in [2.05, 4.69) is 10.6 Å². The van der Waals surface area contributed by atoms with Crippen molar-refractivity contribution >= 4 is 29.5 Å². The Morgan fingerprint density at radius 1 is 1.14 bits per heavy atom. The van der Waals surface area contributed by atoms with E-state index in [1.165, 1.54) is 16.7 Å². The molecule has 3 rings (SSSR count). The maximum Gasteiger partial charge on any atom is 0.254 e. The Bertz CT molecular complexity index is 1090. The summed E-state index contributed by atoms with van der Waals surface area (Å²) in [5.74, 6) is -1.41. The number of thioether (sulfide) groups is 1. The molecule has 1 aliphatic rings. The van der Waals surface area contributed by atoms with Gasteiger partial charge in [0.25, 0.3) is 5.91 Å². The lowest BCUT2D eigenvalue weighted by Crippen LogP contribution is -2.59. The third kappa shape index (κ3) is 7.12. The third-order valence-corrected chi connectivity index (χ3v) is 8.23. The van der Waals surface area contributed by atoms with Crippen molar-refractivity contribution in [3.63, 3.8) is 0 Å². The molecular formula is C28H38N4O4S. The number of rotatable bonds is 10. The maximum atomic E-state index is 13.6. The van der Waals surface area contributed by atoms with Crippen molar-refractivity contribution < 1.29 is 19.5 Å². The molecule has 9 heteroatoms. The molecule has 3 amide bonds. The fourth-order valence-electron chi connectivity index (χ4n) is 4.38. The quantitative estimate of drug-likeness (QED) is 0.375. The van der Waals surface area contributed by atoms with Crippen molar-refractivity contribution in [1.82, 2.24) is 15.5 Å². The number of carbonyl (C=O) groups is 3. The lowest BCUT2D eigenvalue weighted by atomic mass is 9.96. The van der Waals surface area contributed by atoms with Crippen molar-refractivity contribution in [2.75, 3.05) is 12.4 Å². The predicted octanol–water partition coefficient (Wildman–Crippen LogP) is 1.97. The van der Waals surface area contributed by atoms with E-state index in [4.69, 9.17) is 5.73 Å². The predicted molar refractivity (Wildman–Crippen MR) is 146 cm³/mol. The maximum absolute atomic E-state index is 13.6. The van der Waals surface area contributed by atoms with Crippen LogP contribution in [0.15, 0.2) is 54.6 Å². The van der Waals surface area contributed by atoms with Gasteiger partial charge in [-0.2, -0.15) is 0 Å². The first-order valence-corrected chi connectivity index (χ1v) is 13.5. The van der Waals surface area contributed by atoms with Crippen LogP contribution in [0.25, 0.3) is 0 Å². The number of hydrogen-bond donors (Lipinski definition) is 4. The van der Waals surface area contributed by atoms with Crippen LogP contribution in [-0.4, -0.2) is 63.1 Å². The number of benzene rings is 2. The molecular weight excluding hydrogens is 488 g/mol. The Morgan fingerprint density at radius 3 is 2.43 bits per heavy atom. The molecule has 37 heavy (non-hydrogen) atoms. The Morgan fingerprint density at radius 2 is 1.78 bits per heavy atom. The Hall–Kier alpha value is -2.88. The van der Waals surface area contributed by atoms with Crippen LogP contribution in [0, 0.1) is 12.8 Å². The van der Waals surface area contributed by atoms with E-state index in [-0.39, 0.29) is 30.7 Å². The molecule has 0 aromatic heterocycles. The fourth-order valence-corrected chi connectivity index (χ4v) is 5.52. The Labute approximate surface area is 223 Å². The molecule has 1 unspecified atom stereocenters. The number of amides is 3. The topological polar surface area (TPSA) is 125 Å². The number of nitrogens with one attached hydrogen (secondary N) is 2. The van der Waals surface area contributed by atoms with Gasteiger partial charge in [0, 0.05) is 23.8 Å². The molecule has 1 saturated heterocycles. The average Bonchev–Trinajstić information content (AvgIpc) is 3.21. The number of aryl methyl sites for hydroxylation is 1. The van der Waals surface area contributed by atoms with E-state index in [9.17, 15) is 19.5 Å². The van der Waals surface area contributed by atoms with Gasteiger partial charge < -0.3 is 26.4 Å². The molecule has 1 heterocycles. The molecule has 8 nitrogen and oxygen atoms in total. The summed E-state index contributed by atoms with van der Waals surface area (Å²) in [6.07, 6.45) is -1.28. The minimum atomic E-state index is -1.53. The van der Waals surface area contributed by atoms with Gasteiger partial charge in [0.1, 0.15) is 6.04 Å². The van der Waals surface area contributed by atoms with Crippen LogP contribution >= 0.6 is 11.8 Å². The van der Waals surface area contributed by atoms with Crippen LogP contribution in [0.5, 0.6) is 0 Å². The standard InChI is InChI=1S/C28H38N4O4S/c1-18-10-8-9-13-21(18)16-30-26(35)24-28(3,4)37-17-32(24)27(36)23(33)22(31-25(34)19(2)15-29)14-20-11-6-5-7-12-20/h5-13,19,22-24,33H,14-17,29H2,1-4H3,(H,30,35)(H,31,34)/t19?,22-,23-,24+/m0/s1. The van der Waals surface area contributed by atoms with Gasteiger partial charge in [-0.05, 0) is 43.9 Å². The zero-order valence-corrected chi connectivity index (χ0v) is 22.8. The largest absolute Gasteiger partial charge is 0.381 e. The molecule has 0 aliphatic carbocycles. The third-order valence-electron chi connectivity index (χ3n) is 6.85. The van der Waals surface area contributed by atoms with Gasteiger partial charge in [-0.15, -0.1) is 11.8 Å². The highest BCUT2D eigenvalue weighted by Crippen LogP contribution is 2.40. The summed E-state index contributed by atoms with van der Waals surface area (Å²) in [4.78, 5) is 41.1. The Balaban J connectivity index is 1.79. The zero-order chi connectivity index (χ0) is 27.2. The van der Waals surface area contributed by atoms with Gasteiger partial charge >= 0.3 is 0 Å². The van der Waals surface area contributed by atoms with Gasteiger partial charge in [0.2, 0.25) is 11.8 Å². The molecule has 1 aliphatic heterocycles. The highest BCUT2D eigenvalue weighted by molar-refractivity contribution is 8.00. The van der Waals surface area contributed by atoms with Crippen molar-refractivity contribution in [3.05, 3.63) is 71.3 Å². The molecule has 5 N–H and O–H groups in total. The molecule has 200 valence electrons. The van der Waals surface area contributed by atoms with Gasteiger partial charge in [-0.25, -0.2) is 0 Å². The number of carbonyl (C=O) groups excluding carboxylic acids is 3. The van der Waals surface area contributed by atoms with Crippen LogP contribution in [0.4, 0.5) is 0 Å². The van der Waals surface area contributed by atoms with Gasteiger partial charge in [0.05, 0.1) is 11.9 Å². The van der Waals surface area contributed by atoms with Crippen LogP contribution in [0.3, 0.4) is 0 Å². The molecule has 0 radical (unpaired) electrons. The summed E-state index contributed by atoms with van der Waals surface area (Å²) in [6.45, 7) is 8.00. The molecule has 0 bridgehead atoms. The number of nitrogens with zero attached hydrogens (tertiary/aromatic N) is 1. The van der Waals surface area contributed by atoms with Crippen molar-refractivity contribution in [1.29, 1.82) is 0 Å². The number of aliphatic hydroxyl groups excluding tert-OH is 1. The second kappa shape index (κ2) is 12.6. The summed E-state index contributed by atoms with van der Waals surface area (Å²) in [7, 11) is 0. The summed E-state index contributed by atoms with van der Waals surface area (Å²) >= 11 is 1.48. The minimum absolute atomic E-state index is 0.147. The van der Waals surface area contributed by atoms with Crippen LogP contribution in [-0.2, 0) is 27.3 Å². The molecule has 0 spiro atoms. The van der Waals surface area contributed by atoms with Crippen LogP contribution in [0.1, 0.15) is 37.5 Å². The average molecular weight is 527 g/mol. The van der Waals surface area contributed by atoms with Crippen LogP contribution < -0.4 is 16.4 Å². The lowest BCUT2D eigenvalue weighted by molar-refractivity contribution is -0.148. The van der Waals surface area contributed by atoms with Crippen molar-refractivity contribution in [2.24, 2.45) is 11.7 Å². The summed E-state index contributed by atoms with van der Waals surface area (Å²) < 4.78 is -0.558. The SMILES string of the molecule is Cc1ccccc1CNC(=O)[C@H]1N(C(=O)[C@@H](O)[C@H](Cc2ccccc2)NC(=O)C(C)CN)CSC1(C)C. The van der Waals surface area contributed by atoms with E-state index < -0.39 is 34.8 Å². The number of aliphatic hydroxyl groups is 1. The normalized spacial score (nSPS) is 19.1. The molecule has 1 fully saturated rings. The molecule has 2 aromatic rings. The van der Waals surface area contributed by atoms with E-state index >= 15 is 0 Å². The number of hydrogen-bond acceptors (Lipinski definition) is 6. The zero-order valence-electron chi connectivity index (χ0n) is 21.9. The second-order valence-electron chi connectivity index (χ2n) is 10.1. The van der Waals surface area contributed by atoms with Crippen molar-refractivity contribution in [2.45, 2.75) is 63.6 Å². The summed E-state index contributed by atoms with van der Waals surface area (Å²) in [6, 6.07) is 15.5. The summed E-state index contributed by atoms with van der Waals surface area (Å²) in [5.41, 5.74) is 8.58. The first kappa shape index (κ1) is 28.7. The number of nitrogens with two attached hydrogens (primary N) is 1. The first-order valence-electron chi connectivity index (χ1n) is 12.5. The van der Waals surface area contributed by atoms with Crippen LogP contribution in [0.2, 0.25) is 0 Å². The first-order chi connectivity index (χ1) is 17.5. The van der Waals surface area contributed by atoms with Gasteiger partial charge in [-0.3, -0.25) is 14.4 Å². The van der Waals surface area contributed by atoms with E-state index in [0.717, 1.165) is 16.7 Å². The van der Waals surface area contributed by atoms with Crippen molar-refractivity contribution in [3.8, 4) is 0 Å². The molecule has 4 atom stereocenters. The fraction of sp³-hybridized carbons (Fsp3) is 0.464. The molecule has 2 aromatic carbocycles. The highest BCUT2D eigenvalue weighted by Gasteiger charge is 2.49. The van der Waals surface area contributed by atoms with E-state index in [1.807, 2.05) is 75.4 Å². The summed E-state index contributed by atoms with van der Waals surface area (Å²) in [5, 5.41) is 17.0. The Kier molecular flexibility index (Phi) is 9.75. The second-order valence-corrected chi connectivity index (χ2v) is 11.7. The molecule has 0 saturated carbocycles.